The van der Waals surface area contributed by atoms with Crippen molar-refractivity contribution in [1.29, 1.82) is 0 Å². The first kappa shape index (κ1) is 52.0. The van der Waals surface area contributed by atoms with Crippen molar-refractivity contribution in [3.05, 3.63) is 290 Å². The molecule has 4 heteroatoms. The number of nitrogens with zero attached hydrogens (tertiary/aromatic N) is 4. The van der Waals surface area contributed by atoms with Crippen LogP contribution in [0, 0.1) is 6.92 Å². The zero-order valence-electron chi connectivity index (χ0n) is 48.8. The smallest absolute Gasteiger partial charge is 0.0542 e. The lowest BCUT2D eigenvalue weighted by Crippen LogP contribution is -2.16. The highest BCUT2D eigenvalue weighted by Gasteiger charge is 2.36. The number of hydrogen-bond donors (Lipinski definition) is 0. The normalized spacial score (nSPS) is 12.3. The summed E-state index contributed by atoms with van der Waals surface area (Å²) in [5.41, 5.74) is 25.1. The lowest BCUT2D eigenvalue weighted by atomic mass is 9.82. The van der Waals surface area contributed by atoms with Gasteiger partial charge in [-0.2, -0.15) is 0 Å². The molecule has 3 aromatic heterocycles. The Balaban J connectivity index is 0.00000154. The zero-order valence-corrected chi connectivity index (χ0v) is 48.8. The number of aryl methyl sites for hydroxylation is 1. The molecule has 0 spiro atoms. The summed E-state index contributed by atoms with van der Waals surface area (Å²) in [5.74, 6) is 0. The maximum absolute atomic E-state index is 2.44. The molecule has 0 bridgehead atoms. The largest absolute Gasteiger partial charge is 0.310 e. The fourth-order valence-electron chi connectivity index (χ4n) is 13.4. The van der Waals surface area contributed by atoms with Crippen LogP contribution < -0.4 is 4.90 Å². The molecule has 0 radical (unpaired) electrons. The molecular formula is C80H66N4. The van der Waals surface area contributed by atoms with E-state index in [4.69, 9.17) is 0 Å². The molecule has 0 atom stereocenters. The SMILES string of the molecule is CC.CC.Cc1ccc(N(c2ccc3c(c2)C(C)(C)c2ccccc2-3)c2ccc3c(c2)c2cc(-c4ccc5c(c4)c4cc(-c6ccc7c(c6)c6ccccc6n7-c6ccccc6)ccc4n5-c4ccccc4)ccc2n3-c2ccccc2)cc1. The third kappa shape index (κ3) is 8.35. The second kappa shape index (κ2) is 21.0. The van der Waals surface area contributed by atoms with Gasteiger partial charge in [0, 0.05) is 71.9 Å². The van der Waals surface area contributed by atoms with Crippen molar-refractivity contribution in [2.24, 2.45) is 0 Å². The van der Waals surface area contributed by atoms with Crippen molar-refractivity contribution in [3.8, 4) is 50.4 Å². The molecule has 0 fully saturated rings. The first-order valence-corrected chi connectivity index (χ1v) is 29.8. The summed E-state index contributed by atoms with van der Waals surface area (Å²) in [6.07, 6.45) is 0. The standard InChI is InChI=1S/C76H54N4.2C2H6/c1-49-27-33-57(34-28-49)77(59-35-37-61-60-23-13-15-25-68(60)76(2,3)69(61)48-59)58-36-42-75-67(47-58)66-46-53(32-41-74(66)80(75)56-21-11-6-12-22-56)52-31-40-73-65(45-52)64-44-51(30-39-72(64)79(73)55-19-9-5-10-20-55)50-29-38-71-63(43-50)62-24-14-16-26-70(62)78(71)54-17-7-4-8-18-54;2*1-2/h4-48H,1-3H3;2*1-2H3. The van der Waals surface area contributed by atoms with Crippen molar-refractivity contribution in [3.63, 3.8) is 0 Å². The monoisotopic (exact) mass is 1080 g/mol. The Morgan fingerprint density at radius 2 is 0.619 bits per heavy atom. The second-order valence-electron chi connectivity index (χ2n) is 22.2. The number of para-hydroxylation sites is 4. The number of fused-ring (bicyclic) bond motifs is 12. The number of hydrogen-bond acceptors (Lipinski definition) is 1. The van der Waals surface area contributed by atoms with Crippen molar-refractivity contribution >= 4 is 82.5 Å². The van der Waals surface area contributed by atoms with Gasteiger partial charge in [-0.1, -0.05) is 187 Å². The van der Waals surface area contributed by atoms with Gasteiger partial charge in [-0.3, -0.25) is 0 Å². The molecule has 16 rings (SSSR count). The Bertz CT molecular complexity index is 4960. The van der Waals surface area contributed by atoms with E-state index in [0.29, 0.717) is 0 Å². The number of anilines is 3. The van der Waals surface area contributed by atoms with Gasteiger partial charge < -0.3 is 18.6 Å². The minimum absolute atomic E-state index is 0.131. The van der Waals surface area contributed by atoms with Gasteiger partial charge in [0.15, 0.2) is 0 Å². The molecule has 3 heterocycles. The van der Waals surface area contributed by atoms with Gasteiger partial charge in [0.05, 0.1) is 33.1 Å². The average molecular weight is 1080 g/mol. The van der Waals surface area contributed by atoms with Crippen molar-refractivity contribution in [1.82, 2.24) is 13.7 Å². The minimum atomic E-state index is -0.131. The van der Waals surface area contributed by atoms with Gasteiger partial charge in [0.25, 0.3) is 0 Å². The van der Waals surface area contributed by atoms with Crippen LogP contribution >= 0.6 is 0 Å². The molecule has 15 aromatic rings. The third-order valence-electron chi connectivity index (χ3n) is 17.3. The minimum Gasteiger partial charge on any atom is -0.310 e. The van der Waals surface area contributed by atoms with Crippen molar-refractivity contribution in [2.45, 2.75) is 53.9 Å². The highest BCUT2D eigenvalue weighted by Crippen LogP contribution is 2.51. The first-order valence-electron chi connectivity index (χ1n) is 29.8. The van der Waals surface area contributed by atoms with Crippen LogP contribution in [0.4, 0.5) is 17.1 Å². The van der Waals surface area contributed by atoms with E-state index in [1.54, 1.807) is 0 Å². The van der Waals surface area contributed by atoms with Crippen LogP contribution in [0.15, 0.2) is 273 Å². The van der Waals surface area contributed by atoms with Crippen LogP contribution in [0.2, 0.25) is 0 Å². The summed E-state index contributed by atoms with van der Waals surface area (Å²) in [5, 5.41) is 7.33. The van der Waals surface area contributed by atoms with E-state index >= 15 is 0 Å². The summed E-state index contributed by atoms with van der Waals surface area (Å²) < 4.78 is 7.24. The topological polar surface area (TPSA) is 18.0 Å². The molecule has 0 amide bonds. The van der Waals surface area contributed by atoms with Gasteiger partial charge >= 0.3 is 0 Å². The van der Waals surface area contributed by atoms with Crippen molar-refractivity contribution < 1.29 is 0 Å². The Labute approximate surface area is 492 Å². The van der Waals surface area contributed by atoms with E-state index in [9.17, 15) is 0 Å². The van der Waals surface area contributed by atoms with Gasteiger partial charge in [-0.05, 0) is 185 Å². The van der Waals surface area contributed by atoms with Crippen LogP contribution in [0.5, 0.6) is 0 Å². The lowest BCUT2D eigenvalue weighted by molar-refractivity contribution is 0.660. The molecule has 0 saturated carbocycles. The summed E-state index contributed by atoms with van der Waals surface area (Å²) in [6, 6.07) is 101. The fraction of sp³-hybridized carbons (Fsp3) is 0.100. The van der Waals surface area contributed by atoms with Crippen molar-refractivity contribution in [2.75, 3.05) is 4.90 Å². The van der Waals surface area contributed by atoms with E-state index < -0.39 is 0 Å². The van der Waals surface area contributed by atoms with E-state index in [1.165, 1.54) is 115 Å². The molecule has 406 valence electrons. The molecule has 4 nitrogen and oxygen atoms in total. The number of benzene rings is 12. The third-order valence-corrected chi connectivity index (χ3v) is 17.3. The highest BCUT2D eigenvalue weighted by atomic mass is 15.1. The molecule has 0 saturated heterocycles. The summed E-state index contributed by atoms with van der Waals surface area (Å²) in [7, 11) is 0. The molecule has 0 aliphatic heterocycles. The summed E-state index contributed by atoms with van der Waals surface area (Å²) in [6.45, 7) is 14.9. The molecule has 0 N–H and O–H groups in total. The predicted molar refractivity (Wildman–Crippen MR) is 360 cm³/mol. The van der Waals surface area contributed by atoms with E-state index in [0.717, 1.165) is 34.1 Å². The van der Waals surface area contributed by atoms with Gasteiger partial charge in [-0.25, -0.2) is 0 Å². The number of aromatic nitrogens is 3. The maximum Gasteiger partial charge on any atom is 0.0542 e. The van der Waals surface area contributed by atoms with E-state index in [1.807, 2.05) is 27.7 Å². The lowest BCUT2D eigenvalue weighted by Gasteiger charge is -2.28. The second-order valence-corrected chi connectivity index (χ2v) is 22.2. The zero-order chi connectivity index (χ0) is 57.2. The average Bonchev–Trinajstić information content (AvgIpc) is 3.45. The summed E-state index contributed by atoms with van der Waals surface area (Å²) >= 11 is 0. The molecule has 1 aliphatic rings. The fourth-order valence-corrected chi connectivity index (χ4v) is 13.4. The highest BCUT2D eigenvalue weighted by molar-refractivity contribution is 6.15. The van der Waals surface area contributed by atoms with Crippen LogP contribution in [0.25, 0.3) is 116 Å². The van der Waals surface area contributed by atoms with Crippen LogP contribution in [-0.4, -0.2) is 13.7 Å². The van der Waals surface area contributed by atoms with Crippen LogP contribution in [0.1, 0.15) is 58.2 Å². The Morgan fingerprint density at radius 3 is 1.11 bits per heavy atom. The molecule has 1 aliphatic carbocycles. The molecular weight excluding hydrogens is 1020 g/mol. The Kier molecular flexibility index (Phi) is 13.0. The Hall–Kier alpha value is -10.2. The Morgan fingerprint density at radius 1 is 0.274 bits per heavy atom. The molecule has 84 heavy (non-hydrogen) atoms. The van der Waals surface area contributed by atoms with E-state index in [-0.39, 0.29) is 5.41 Å². The van der Waals surface area contributed by atoms with Crippen LogP contribution in [-0.2, 0) is 5.41 Å². The maximum atomic E-state index is 2.44. The molecule has 0 unspecified atom stereocenters. The van der Waals surface area contributed by atoms with Crippen LogP contribution in [0.3, 0.4) is 0 Å². The van der Waals surface area contributed by atoms with Gasteiger partial charge in [0.2, 0.25) is 0 Å². The number of rotatable bonds is 8. The van der Waals surface area contributed by atoms with E-state index in [2.05, 4.69) is 312 Å². The predicted octanol–water partition coefficient (Wildman–Crippen LogP) is 22.4. The van der Waals surface area contributed by atoms with Gasteiger partial charge in [-0.15, -0.1) is 0 Å². The molecule has 12 aromatic carbocycles. The van der Waals surface area contributed by atoms with Gasteiger partial charge in [0.1, 0.15) is 0 Å². The quantitative estimate of drug-likeness (QED) is 0.148. The first-order chi connectivity index (χ1) is 41.3. The summed E-state index contributed by atoms with van der Waals surface area (Å²) in [4.78, 5) is 2.44.